The quantitative estimate of drug-likeness (QED) is 0.328. The number of rotatable bonds is 5. The van der Waals surface area contributed by atoms with Gasteiger partial charge in [0.2, 0.25) is 0 Å². The molecule has 136 valence electrons. The topological polar surface area (TPSA) is 12.9 Å². The summed E-state index contributed by atoms with van der Waals surface area (Å²) in [5, 5.41) is 3.22. The number of hydrogen-bond acceptors (Lipinski definition) is 2. The Hall–Kier alpha value is -3.23. The van der Waals surface area contributed by atoms with E-state index in [1.54, 1.807) is 11.3 Å². The van der Waals surface area contributed by atoms with E-state index in [9.17, 15) is 0 Å². The summed E-state index contributed by atoms with van der Waals surface area (Å²) < 4.78 is 0. The van der Waals surface area contributed by atoms with Gasteiger partial charge in [0.1, 0.15) is 0 Å². The highest BCUT2D eigenvalue weighted by Gasteiger charge is 2.10. The first kappa shape index (κ1) is 18.1. The summed E-state index contributed by atoms with van der Waals surface area (Å²) in [6.07, 6.45) is 8.67. The van der Waals surface area contributed by atoms with Crippen LogP contribution in [0.5, 0.6) is 0 Å². The predicted molar refractivity (Wildman–Crippen MR) is 123 cm³/mol. The maximum absolute atomic E-state index is 4.76. The molecule has 0 spiro atoms. The predicted octanol–water partition coefficient (Wildman–Crippen LogP) is 7.46. The van der Waals surface area contributed by atoms with E-state index in [1.165, 1.54) is 27.8 Å². The van der Waals surface area contributed by atoms with Crippen molar-refractivity contribution in [3.63, 3.8) is 0 Å². The standard InChI is InChI=1S/C26H21NS/c1-20-27-25(19-28-20)26-23(17-15-21-9-4-2-5-10-21)13-8-14-24(26)18-16-22-11-6-3-7-12-22/h2-19H,1H3. The number of aromatic nitrogens is 1. The second-order valence-electron chi connectivity index (χ2n) is 6.55. The number of nitrogens with zero attached hydrogens (tertiary/aromatic N) is 1. The molecule has 1 nitrogen and oxygen atoms in total. The van der Waals surface area contributed by atoms with Gasteiger partial charge < -0.3 is 0 Å². The molecule has 0 bridgehead atoms. The van der Waals surface area contributed by atoms with Gasteiger partial charge in [-0.25, -0.2) is 4.98 Å². The van der Waals surface area contributed by atoms with Crippen molar-refractivity contribution in [2.75, 3.05) is 0 Å². The monoisotopic (exact) mass is 379 g/mol. The van der Waals surface area contributed by atoms with Crippen LogP contribution < -0.4 is 0 Å². The molecule has 0 N–H and O–H groups in total. The Kier molecular flexibility index (Phi) is 5.60. The van der Waals surface area contributed by atoms with Gasteiger partial charge in [0.05, 0.1) is 10.7 Å². The van der Waals surface area contributed by atoms with Gasteiger partial charge in [0.25, 0.3) is 0 Å². The third-order valence-electron chi connectivity index (χ3n) is 4.51. The summed E-state index contributed by atoms with van der Waals surface area (Å²) in [5.41, 5.74) is 6.92. The SMILES string of the molecule is Cc1nc(-c2c(C=Cc3ccccc3)cccc2C=Cc2ccccc2)cs1. The van der Waals surface area contributed by atoms with Crippen molar-refractivity contribution in [3.8, 4) is 11.3 Å². The van der Waals surface area contributed by atoms with E-state index in [0.717, 1.165) is 10.7 Å². The highest BCUT2D eigenvalue weighted by atomic mass is 32.1. The van der Waals surface area contributed by atoms with Gasteiger partial charge >= 0.3 is 0 Å². The molecular formula is C26H21NS. The molecule has 0 saturated carbocycles. The first-order valence-electron chi connectivity index (χ1n) is 9.31. The van der Waals surface area contributed by atoms with Crippen LogP contribution in [0.2, 0.25) is 0 Å². The van der Waals surface area contributed by atoms with Gasteiger partial charge in [0.15, 0.2) is 0 Å². The molecule has 4 aromatic rings. The van der Waals surface area contributed by atoms with E-state index >= 15 is 0 Å². The number of thiazole rings is 1. The lowest BCUT2D eigenvalue weighted by molar-refractivity contribution is 1.29. The van der Waals surface area contributed by atoms with Crippen LogP contribution in [-0.4, -0.2) is 4.98 Å². The summed E-state index contributed by atoms with van der Waals surface area (Å²) in [6.45, 7) is 2.05. The van der Waals surface area contributed by atoms with Crippen molar-refractivity contribution in [3.05, 3.63) is 112 Å². The molecule has 0 unspecified atom stereocenters. The Morgan fingerprint density at radius 1 is 0.643 bits per heavy atom. The van der Waals surface area contributed by atoms with Gasteiger partial charge in [0, 0.05) is 10.9 Å². The summed E-state index contributed by atoms with van der Waals surface area (Å²) in [5.74, 6) is 0. The molecule has 1 heterocycles. The molecular weight excluding hydrogens is 358 g/mol. The van der Waals surface area contributed by atoms with Crippen LogP contribution >= 0.6 is 11.3 Å². The molecule has 0 atom stereocenters. The normalized spacial score (nSPS) is 11.5. The summed E-state index contributed by atoms with van der Waals surface area (Å²) in [6, 6.07) is 27.2. The summed E-state index contributed by atoms with van der Waals surface area (Å²) in [7, 11) is 0. The molecule has 0 fully saturated rings. The van der Waals surface area contributed by atoms with Crippen molar-refractivity contribution in [1.29, 1.82) is 0 Å². The van der Waals surface area contributed by atoms with Crippen molar-refractivity contribution >= 4 is 35.6 Å². The van der Waals surface area contributed by atoms with E-state index < -0.39 is 0 Å². The zero-order chi connectivity index (χ0) is 19.2. The molecule has 0 aliphatic heterocycles. The number of hydrogen-bond donors (Lipinski definition) is 0. The molecule has 0 amide bonds. The van der Waals surface area contributed by atoms with Crippen molar-refractivity contribution in [1.82, 2.24) is 4.98 Å². The molecule has 4 rings (SSSR count). The average molecular weight is 380 g/mol. The van der Waals surface area contributed by atoms with Crippen LogP contribution in [0.1, 0.15) is 27.3 Å². The van der Waals surface area contributed by atoms with Crippen LogP contribution in [0.25, 0.3) is 35.6 Å². The molecule has 28 heavy (non-hydrogen) atoms. The van der Waals surface area contributed by atoms with Crippen LogP contribution in [0.4, 0.5) is 0 Å². The fourth-order valence-electron chi connectivity index (χ4n) is 3.14. The molecule has 0 saturated heterocycles. The highest BCUT2D eigenvalue weighted by molar-refractivity contribution is 7.09. The number of aryl methyl sites for hydroxylation is 1. The lowest BCUT2D eigenvalue weighted by atomic mass is 9.97. The minimum atomic E-state index is 1.03. The van der Waals surface area contributed by atoms with E-state index in [2.05, 4.69) is 103 Å². The average Bonchev–Trinajstić information content (AvgIpc) is 3.18. The van der Waals surface area contributed by atoms with Gasteiger partial charge in [-0.15, -0.1) is 11.3 Å². The summed E-state index contributed by atoms with van der Waals surface area (Å²) in [4.78, 5) is 4.76. The Morgan fingerprint density at radius 2 is 1.18 bits per heavy atom. The van der Waals surface area contributed by atoms with Gasteiger partial charge in [-0.2, -0.15) is 0 Å². The zero-order valence-electron chi connectivity index (χ0n) is 15.7. The van der Waals surface area contributed by atoms with Crippen LogP contribution in [0, 0.1) is 6.92 Å². The first-order chi connectivity index (χ1) is 13.8. The number of benzene rings is 3. The van der Waals surface area contributed by atoms with Gasteiger partial charge in [-0.3, -0.25) is 0 Å². The van der Waals surface area contributed by atoms with Crippen molar-refractivity contribution in [2.24, 2.45) is 0 Å². The summed E-state index contributed by atoms with van der Waals surface area (Å²) >= 11 is 1.69. The van der Waals surface area contributed by atoms with Gasteiger partial charge in [-0.05, 0) is 29.2 Å². The largest absolute Gasteiger partial charge is 0.242 e. The van der Waals surface area contributed by atoms with Gasteiger partial charge in [-0.1, -0.05) is 103 Å². The Balaban J connectivity index is 1.78. The molecule has 0 aliphatic rings. The van der Waals surface area contributed by atoms with Crippen LogP contribution in [-0.2, 0) is 0 Å². The third kappa shape index (κ3) is 4.36. The smallest absolute Gasteiger partial charge is 0.0901 e. The maximum atomic E-state index is 4.76. The molecule has 0 aliphatic carbocycles. The van der Waals surface area contributed by atoms with E-state index in [-0.39, 0.29) is 0 Å². The fourth-order valence-corrected chi connectivity index (χ4v) is 3.74. The highest BCUT2D eigenvalue weighted by Crippen LogP contribution is 2.31. The minimum absolute atomic E-state index is 1.03. The van der Waals surface area contributed by atoms with Crippen LogP contribution in [0.3, 0.4) is 0 Å². The maximum Gasteiger partial charge on any atom is 0.0901 e. The molecule has 3 aromatic carbocycles. The second-order valence-corrected chi connectivity index (χ2v) is 7.61. The zero-order valence-corrected chi connectivity index (χ0v) is 16.6. The molecule has 2 heteroatoms. The van der Waals surface area contributed by atoms with E-state index in [4.69, 9.17) is 4.98 Å². The lowest BCUT2D eigenvalue weighted by Crippen LogP contribution is -1.89. The Morgan fingerprint density at radius 3 is 1.64 bits per heavy atom. The minimum Gasteiger partial charge on any atom is -0.242 e. The molecule has 1 aromatic heterocycles. The first-order valence-corrected chi connectivity index (χ1v) is 10.2. The fraction of sp³-hybridized carbons (Fsp3) is 0.0385. The van der Waals surface area contributed by atoms with Crippen molar-refractivity contribution < 1.29 is 0 Å². The van der Waals surface area contributed by atoms with E-state index in [0.29, 0.717) is 0 Å². The van der Waals surface area contributed by atoms with Crippen LogP contribution in [0.15, 0.2) is 84.2 Å². The molecule has 0 radical (unpaired) electrons. The lowest BCUT2D eigenvalue weighted by Gasteiger charge is -2.08. The van der Waals surface area contributed by atoms with Crippen molar-refractivity contribution in [2.45, 2.75) is 6.92 Å². The second kappa shape index (κ2) is 8.64. The Labute approximate surface area is 170 Å². The van der Waals surface area contributed by atoms with E-state index in [1.807, 2.05) is 12.1 Å². The third-order valence-corrected chi connectivity index (χ3v) is 5.29. The Bertz CT molecular complexity index is 1040.